The summed E-state index contributed by atoms with van der Waals surface area (Å²) in [6.07, 6.45) is 1.02. The molecule has 7 heteroatoms. The molecule has 76 valence electrons. The number of carbonyl (C=O) groups is 1. The number of nitrogens with zero attached hydrogens (tertiary/aromatic N) is 1. The standard InChI is InChI=1S/C7H9N3O4/c1-2-14-6(11)4-3-8-7(12)9-5(4)10-13/h3,13H,2H2,1H3,(H2,8,9,10,12). The predicted molar refractivity (Wildman–Crippen MR) is 46.2 cm³/mol. The molecule has 0 fully saturated rings. The maximum Gasteiger partial charge on any atom is 0.346 e. The summed E-state index contributed by atoms with van der Waals surface area (Å²) < 4.78 is 4.66. The maximum atomic E-state index is 11.2. The van der Waals surface area contributed by atoms with E-state index in [1.165, 1.54) is 0 Å². The van der Waals surface area contributed by atoms with Crippen LogP contribution in [0.2, 0.25) is 0 Å². The number of esters is 1. The summed E-state index contributed by atoms with van der Waals surface area (Å²) in [4.78, 5) is 27.4. The van der Waals surface area contributed by atoms with E-state index in [4.69, 9.17) is 5.21 Å². The minimum Gasteiger partial charge on any atom is -0.462 e. The molecule has 7 nitrogen and oxygen atoms in total. The minimum absolute atomic E-state index is 0.0334. The van der Waals surface area contributed by atoms with Gasteiger partial charge in [0, 0.05) is 0 Å². The van der Waals surface area contributed by atoms with Crippen molar-refractivity contribution in [3.8, 4) is 0 Å². The van der Waals surface area contributed by atoms with Crippen LogP contribution >= 0.6 is 0 Å². The first-order chi connectivity index (χ1) is 6.69. The van der Waals surface area contributed by atoms with Crippen molar-refractivity contribution in [1.29, 1.82) is 0 Å². The Balaban J connectivity index is 3.07. The number of rotatable bonds is 3. The van der Waals surface area contributed by atoms with Gasteiger partial charge in [0.2, 0.25) is 0 Å². The van der Waals surface area contributed by atoms with Crippen molar-refractivity contribution >= 4 is 11.8 Å². The fourth-order valence-corrected chi connectivity index (χ4v) is 0.846. The topological polar surface area (TPSA) is 104 Å². The Morgan fingerprint density at radius 3 is 3.07 bits per heavy atom. The average Bonchev–Trinajstić information content (AvgIpc) is 2.17. The van der Waals surface area contributed by atoms with Gasteiger partial charge < -0.3 is 4.74 Å². The Kier molecular flexibility index (Phi) is 3.19. The maximum absolute atomic E-state index is 11.2. The number of ether oxygens (including phenoxy) is 1. The Labute approximate surface area is 78.7 Å². The monoisotopic (exact) mass is 199 g/mol. The number of anilines is 1. The number of aromatic amines is 1. The molecule has 0 saturated heterocycles. The third-order valence-electron chi connectivity index (χ3n) is 1.42. The minimum atomic E-state index is -0.673. The van der Waals surface area contributed by atoms with Crippen molar-refractivity contribution in [2.75, 3.05) is 12.1 Å². The molecule has 0 aliphatic carbocycles. The molecule has 0 radical (unpaired) electrons. The van der Waals surface area contributed by atoms with Crippen molar-refractivity contribution in [1.82, 2.24) is 9.97 Å². The lowest BCUT2D eigenvalue weighted by atomic mass is 10.3. The first-order valence-corrected chi connectivity index (χ1v) is 3.85. The highest BCUT2D eigenvalue weighted by Gasteiger charge is 2.13. The van der Waals surface area contributed by atoms with Crippen molar-refractivity contribution < 1.29 is 14.7 Å². The molecule has 0 amide bonds. The number of hydrogen-bond donors (Lipinski definition) is 3. The summed E-state index contributed by atoms with van der Waals surface area (Å²) in [5.41, 5.74) is 0.974. The normalized spacial score (nSPS) is 9.57. The van der Waals surface area contributed by atoms with E-state index in [-0.39, 0.29) is 18.0 Å². The molecule has 0 aliphatic heterocycles. The van der Waals surface area contributed by atoms with E-state index >= 15 is 0 Å². The van der Waals surface area contributed by atoms with E-state index < -0.39 is 11.7 Å². The number of nitrogens with one attached hydrogen (secondary N) is 2. The van der Waals surface area contributed by atoms with Crippen molar-refractivity contribution in [2.45, 2.75) is 6.92 Å². The van der Waals surface area contributed by atoms with Gasteiger partial charge in [-0.05, 0) is 6.92 Å². The molecule has 0 aliphatic rings. The molecule has 0 bridgehead atoms. The van der Waals surface area contributed by atoms with E-state index in [1.807, 2.05) is 0 Å². The van der Waals surface area contributed by atoms with Gasteiger partial charge in [-0.15, -0.1) is 0 Å². The highest BCUT2D eigenvalue weighted by Crippen LogP contribution is 2.08. The van der Waals surface area contributed by atoms with Crippen LogP contribution in [0.25, 0.3) is 0 Å². The molecule has 0 spiro atoms. The SMILES string of the molecule is CCOC(=O)c1cnc(=O)[nH]c1NO. The lowest BCUT2D eigenvalue weighted by Crippen LogP contribution is -2.17. The van der Waals surface area contributed by atoms with Crippen LogP contribution in [0.4, 0.5) is 5.82 Å². The van der Waals surface area contributed by atoms with E-state index in [2.05, 4.69) is 14.7 Å². The van der Waals surface area contributed by atoms with E-state index in [0.717, 1.165) is 6.20 Å². The molecule has 0 atom stereocenters. The summed E-state index contributed by atoms with van der Waals surface area (Å²) in [7, 11) is 0. The Hall–Kier alpha value is -1.89. The lowest BCUT2D eigenvalue weighted by molar-refractivity contribution is 0.0525. The van der Waals surface area contributed by atoms with Crippen LogP contribution in [-0.4, -0.2) is 27.8 Å². The fraction of sp³-hybridized carbons (Fsp3) is 0.286. The van der Waals surface area contributed by atoms with Gasteiger partial charge in [0.25, 0.3) is 0 Å². The molecule has 3 N–H and O–H groups in total. The lowest BCUT2D eigenvalue weighted by Gasteiger charge is -2.05. The first kappa shape index (κ1) is 10.2. The largest absolute Gasteiger partial charge is 0.462 e. The quantitative estimate of drug-likeness (QED) is 0.458. The second-order valence-electron chi connectivity index (χ2n) is 2.31. The van der Waals surface area contributed by atoms with Gasteiger partial charge in [0.15, 0.2) is 0 Å². The van der Waals surface area contributed by atoms with Crippen LogP contribution in [0.5, 0.6) is 0 Å². The zero-order valence-corrected chi connectivity index (χ0v) is 7.40. The number of carbonyl (C=O) groups excluding carboxylic acids is 1. The zero-order valence-electron chi connectivity index (χ0n) is 7.40. The third kappa shape index (κ3) is 2.07. The average molecular weight is 199 g/mol. The summed E-state index contributed by atoms with van der Waals surface area (Å²) in [5.74, 6) is -0.809. The molecule has 1 aromatic rings. The third-order valence-corrected chi connectivity index (χ3v) is 1.42. The van der Waals surface area contributed by atoms with Crippen LogP contribution in [0.3, 0.4) is 0 Å². The number of H-pyrrole nitrogens is 1. The highest BCUT2D eigenvalue weighted by molar-refractivity contribution is 5.93. The van der Waals surface area contributed by atoms with Gasteiger partial charge >= 0.3 is 11.7 Å². The number of hydrogen-bond acceptors (Lipinski definition) is 6. The molecular formula is C7H9N3O4. The van der Waals surface area contributed by atoms with Gasteiger partial charge in [-0.25, -0.2) is 14.6 Å². The Morgan fingerprint density at radius 2 is 2.50 bits per heavy atom. The Morgan fingerprint density at radius 1 is 1.79 bits per heavy atom. The second-order valence-corrected chi connectivity index (χ2v) is 2.31. The second kappa shape index (κ2) is 4.38. The van der Waals surface area contributed by atoms with Crippen LogP contribution < -0.4 is 11.2 Å². The van der Waals surface area contributed by atoms with Crippen LogP contribution in [0.1, 0.15) is 17.3 Å². The van der Waals surface area contributed by atoms with Crippen molar-refractivity contribution in [3.05, 3.63) is 22.2 Å². The van der Waals surface area contributed by atoms with Crippen LogP contribution in [0, 0.1) is 0 Å². The molecule has 0 unspecified atom stereocenters. The molecule has 1 aromatic heterocycles. The van der Waals surface area contributed by atoms with E-state index in [9.17, 15) is 9.59 Å². The summed E-state index contributed by atoms with van der Waals surface area (Å²) in [5, 5.41) is 8.60. The number of aromatic nitrogens is 2. The van der Waals surface area contributed by atoms with Gasteiger partial charge in [-0.3, -0.25) is 15.7 Å². The molecular weight excluding hydrogens is 190 g/mol. The van der Waals surface area contributed by atoms with E-state index in [1.54, 1.807) is 12.4 Å². The Bertz CT molecular complexity index is 387. The fourth-order valence-electron chi connectivity index (χ4n) is 0.846. The molecule has 1 heterocycles. The van der Waals surface area contributed by atoms with Crippen LogP contribution in [-0.2, 0) is 4.74 Å². The van der Waals surface area contributed by atoms with Crippen molar-refractivity contribution in [3.63, 3.8) is 0 Å². The zero-order chi connectivity index (χ0) is 10.6. The van der Waals surface area contributed by atoms with E-state index in [0.29, 0.717) is 0 Å². The smallest absolute Gasteiger partial charge is 0.346 e. The van der Waals surface area contributed by atoms with Gasteiger partial charge in [0.1, 0.15) is 11.4 Å². The first-order valence-electron chi connectivity index (χ1n) is 3.85. The van der Waals surface area contributed by atoms with Crippen molar-refractivity contribution in [2.24, 2.45) is 0 Å². The van der Waals surface area contributed by atoms with Crippen LogP contribution in [0.15, 0.2) is 11.0 Å². The molecule has 0 saturated carbocycles. The predicted octanol–water partition coefficient (Wildman–Crippen LogP) is -0.252. The van der Waals surface area contributed by atoms with Gasteiger partial charge in [-0.1, -0.05) is 0 Å². The molecule has 14 heavy (non-hydrogen) atoms. The highest BCUT2D eigenvalue weighted by atomic mass is 16.5. The van der Waals surface area contributed by atoms with Gasteiger partial charge in [0.05, 0.1) is 12.8 Å². The summed E-state index contributed by atoms with van der Waals surface area (Å²) in [6.45, 7) is 1.84. The summed E-state index contributed by atoms with van der Waals surface area (Å²) >= 11 is 0. The summed E-state index contributed by atoms with van der Waals surface area (Å²) in [6, 6.07) is 0. The van der Waals surface area contributed by atoms with Gasteiger partial charge in [-0.2, -0.15) is 0 Å². The molecule has 1 rings (SSSR count). The molecule has 0 aromatic carbocycles.